The molecule has 1 atom stereocenters. The lowest BCUT2D eigenvalue weighted by Crippen LogP contribution is -2.43. The molecule has 12 nitrogen and oxygen atoms in total. The van der Waals surface area contributed by atoms with Crippen LogP contribution in [0.1, 0.15) is 28.8 Å². The summed E-state index contributed by atoms with van der Waals surface area (Å²) >= 11 is 0. The van der Waals surface area contributed by atoms with Gasteiger partial charge in [0.2, 0.25) is 5.91 Å². The SMILES string of the molecule is COc1cc(CC(=O)N2CCCC2CN(C)c2ccc(C(=O)O)cc2[N+](=O)[O-])ccc1N(C(N)=O)c1ccccc1F. The number of carboxylic acid groups (broad SMARTS) is 1. The lowest BCUT2D eigenvalue weighted by molar-refractivity contribution is -0.384. The first-order valence-electron chi connectivity index (χ1n) is 13.0. The van der Waals surface area contributed by atoms with Crippen molar-refractivity contribution < 1.29 is 33.5 Å². The van der Waals surface area contributed by atoms with Gasteiger partial charge in [-0.3, -0.25) is 19.8 Å². The van der Waals surface area contributed by atoms with Crippen LogP contribution >= 0.6 is 0 Å². The molecule has 42 heavy (non-hydrogen) atoms. The number of primary amides is 1. The highest BCUT2D eigenvalue weighted by molar-refractivity contribution is 6.00. The zero-order chi connectivity index (χ0) is 30.6. The molecule has 13 heteroatoms. The molecular weight excluding hydrogens is 549 g/mol. The van der Waals surface area contributed by atoms with Gasteiger partial charge in [-0.15, -0.1) is 0 Å². The van der Waals surface area contributed by atoms with E-state index in [0.29, 0.717) is 25.1 Å². The van der Waals surface area contributed by atoms with Crippen molar-refractivity contribution in [3.8, 4) is 5.75 Å². The highest BCUT2D eigenvalue weighted by Gasteiger charge is 2.31. The van der Waals surface area contributed by atoms with Crippen LogP contribution in [-0.2, 0) is 11.2 Å². The number of anilines is 3. The Morgan fingerprint density at radius 3 is 2.48 bits per heavy atom. The summed E-state index contributed by atoms with van der Waals surface area (Å²) in [5.41, 5.74) is 6.06. The number of likely N-dealkylation sites (tertiary alicyclic amines) is 1. The maximum Gasteiger partial charge on any atom is 0.335 e. The third-order valence-electron chi connectivity index (χ3n) is 7.17. The van der Waals surface area contributed by atoms with E-state index in [1.807, 2.05) is 0 Å². The first kappa shape index (κ1) is 29.8. The second-order valence-electron chi connectivity index (χ2n) is 9.84. The van der Waals surface area contributed by atoms with E-state index in [-0.39, 0.29) is 52.4 Å². The van der Waals surface area contributed by atoms with Crippen molar-refractivity contribution in [3.05, 3.63) is 87.7 Å². The molecule has 0 spiro atoms. The van der Waals surface area contributed by atoms with Crippen molar-refractivity contribution in [3.63, 3.8) is 0 Å². The van der Waals surface area contributed by atoms with Gasteiger partial charge in [-0.2, -0.15) is 0 Å². The summed E-state index contributed by atoms with van der Waals surface area (Å²) in [4.78, 5) is 52.3. The standard InChI is InChI=1S/C29H30FN5O7/c1-32(23-12-10-19(28(37)38)16-25(23)35(40)41)17-20-6-5-13-33(20)27(36)15-18-9-11-24(26(14-18)42-2)34(29(31)39)22-8-4-3-7-21(22)30/h3-4,7-12,14,16,20H,5-6,13,15,17H2,1-2H3,(H2,31,39)(H,37,38). The number of rotatable bonds is 10. The molecule has 220 valence electrons. The lowest BCUT2D eigenvalue weighted by Gasteiger charge is -2.30. The number of benzene rings is 3. The van der Waals surface area contributed by atoms with E-state index < -0.39 is 22.7 Å². The number of carbonyl (C=O) groups excluding carboxylic acids is 2. The van der Waals surface area contributed by atoms with E-state index >= 15 is 0 Å². The molecule has 1 heterocycles. The first-order chi connectivity index (χ1) is 20.0. The Bertz CT molecular complexity index is 1530. The maximum absolute atomic E-state index is 14.5. The molecule has 0 aliphatic carbocycles. The Morgan fingerprint density at radius 2 is 1.83 bits per heavy atom. The summed E-state index contributed by atoms with van der Waals surface area (Å²) in [6.45, 7) is 0.812. The van der Waals surface area contributed by atoms with E-state index in [0.717, 1.165) is 17.4 Å². The first-order valence-corrected chi connectivity index (χ1v) is 13.0. The number of aromatic carboxylic acids is 1. The molecule has 1 aliphatic rings. The largest absolute Gasteiger partial charge is 0.495 e. The molecule has 0 radical (unpaired) electrons. The second-order valence-corrected chi connectivity index (χ2v) is 9.84. The third-order valence-corrected chi connectivity index (χ3v) is 7.17. The van der Waals surface area contributed by atoms with Crippen molar-refractivity contribution in [2.24, 2.45) is 5.73 Å². The van der Waals surface area contributed by atoms with Gasteiger partial charge in [0.25, 0.3) is 5.69 Å². The number of carboxylic acids is 1. The van der Waals surface area contributed by atoms with Gasteiger partial charge >= 0.3 is 12.0 Å². The van der Waals surface area contributed by atoms with Gasteiger partial charge in [-0.1, -0.05) is 18.2 Å². The Kier molecular flexibility index (Phi) is 8.89. The molecule has 3 aromatic carbocycles. The second kappa shape index (κ2) is 12.5. The summed E-state index contributed by atoms with van der Waals surface area (Å²) in [5, 5.41) is 20.8. The molecule has 3 N–H and O–H groups in total. The van der Waals surface area contributed by atoms with Gasteiger partial charge in [0.1, 0.15) is 17.3 Å². The van der Waals surface area contributed by atoms with Crippen LogP contribution in [0.5, 0.6) is 5.75 Å². The van der Waals surface area contributed by atoms with Gasteiger partial charge in [-0.05, 0) is 54.8 Å². The number of nitro benzene ring substituents is 1. The predicted octanol–water partition coefficient (Wildman–Crippen LogP) is 4.33. The smallest absolute Gasteiger partial charge is 0.335 e. The number of halogens is 1. The number of carbonyl (C=O) groups is 3. The minimum absolute atomic E-state index is 0.0145. The van der Waals surface area contributed by atoms with Crippen molar-refractivity contribution >= 4 is 40.7 Å². The van der Waals surface area contributed by atoms with Gasteiger partial charge in [-0.25, -0.2) is 14.0 Å². The highest BCUT2D eigenvalue weighted by Crippen LogP contribution is 2.36. The van der Waals surface area contributed by atoms with Crippen LogP contribution in [0.15, 0.2) is 60.7 Å². The van der Waals surface area contributed by atoms with Gasteiger partial charge < -0.3 is 25.4 Å². The molecule has 0 saturated carbocycles. The Balaban J connectivity index is 1.52. The van der Waals surface area contributed by atoms with Crippen molar-refractivity contribution in [1.82, 2.24) is 4.90 Å². The number of likely N-dealkylation sites (N-methyl/N-ethyl adjacent to an activating group) is 1. The predicted molar refractivity (Wildman–Crippen MR) is 153 cm³/mol. The van der Waals surface area contributed by atoms with Gasteiger partial charge in [0.15, 0.2) is 0 Å². The minimum Gasteiger partial charge on any atom is -0.495 e. The highest BCUT2D eigenvalue weighted by atomic mass is 19.1. The molecule has 4 rings (SSSR count). The van der Waals surface area contributed by atoms with Crippen LogP contribution < -0.4 is 20.3 Å². The fourth-order valence-electron chi connectivity index (χ4n) is 5.19. The zero-order valence-electron chi connectivity index (χ0n) is 23.0. The quantitative estimate of drug-likeness (QED) is 0.265. The average molecular weight is 580 g/mol. The monoisotopic (exact) mass is 579 g/mol. The Labute approximate surface area is 240 Å². The number of urea groups is 1. The van der Waals surface area contributed by atoms with Crippen LogP contribution in [0.3, 0.4) is 0 Å². The van der Waals surface area contributed by atoms with Crippen LogP contribution in [-0.4, -0.2) is 66.1 Å². The van der Waals surface area contributed by atoms with Crippen LogP contribution in [0, 0.1) is 15.9 Å². The molecule has 1 unspecified atom stereocenters. The molecule has 1 saturated heterocycles. The van der Waals surface area contributed by atoms with E-state index in [9.17, 15) is 34.0 Å². The van der Waals surface area contributed by atoms with Crippen molar-refractivity contribution in [2.45, 2.75) is 25.3 Å². The fraction of sp³-hybridized carbons (Fsp3) is 0.276. The summed E-state index contributed by atoms with van der Waals surface area (Å²) in [6.07, 6.45) is 1.46. The molecule has 0 aromatic heterocycles. The Hall–Kier alpha value is -5.20. The normalized spacial score (nSPS) is 14.4. The van der Waals surface area contributed by atoms with E-state index in [4.69, 9.17) is 10.5 Å². The number of ether oxygens (including phenoxy) is 1. The number of hydrogen-bond acceptors (Lipinski definition) is 7. The lowest BCUT2D eigenvalue weighted by atomic mass is 10.1. The Morgan fingerprint density at radius 1 is 1.12 bits per heavy atom. The molecule has 1 aliphatic heterocycles. The fourth-order valence-corrected chi connectivity index (χ4v) is 5.19. The molecule has 1 fully saturated rings. The van der Waals surface area contributed by atoms with E-state index in [2.05, 4.69) is 0 Å². The summed E-state index contributed by atoms with van der Waals surface area (Å²) in [5.74, 6) is -1.86. The van der Waals surface area contributed by atoms with Crippen LogP contribution in [0.25, 0.3) is 0 Å². The summed E-state index contributed by atoms with van der Waals surface area (Å²) in [6, 6.07) is 13.0. The minimum atomic E-state index is -1.26. The van der Waals surface area contributed by atoms with Crippen molar-refractivity contribution in [1.29, 1.82) is 0 Å². The molecular formula is C29H30FN5O7. The zero-order valence-corrected chi connectivity index (χ0v) is 23.0. The molecule has 3 aromatic rings. The number of methoxy groups -OCH3 is 1. The van der Waals surface area contributed by atoms with Crippen LogP contribution in [0.2, 0.25) is 0 Å². The number of nitro groups is 1. The van der Waals surface area contributed by atoms with E-state index in [1.54, 1.807) is 35.0 Å². The maximum atomic E-state index is 14.5. The van der Waals surface area contributed by atoms with Crippen molar-refractivity contribution in [2.75, 3.05) is 37.0 Å². The number of hydrogen-bond donors (Lipinski definition) is 2. The summed E-state index contributed by atoms with van der Waals surface area (Å²) < 4.78 is 20.0. The van der Waals surface area contributed by atoms with Gasteiger partial charge in [0.05, 0.1) is 35.4 Å². The average Bonchev–Trinajstić information content (AvgIpc) is 3.42. The summed E-state index contributed by atoms with van der Waals surface area (Å²) in [7, 11) is 3.05. The molecule has 3 amide bonds. The van der Waals surface area contributed by atoms with E-state index in [1.165, 1.54) is 43.5 Å². The number of nitrogens with zero attached hydrogens (tertiary/aromatic N) is 4. The van der Waals surface area contributed by atoms with Crippen LogP contribution in [0.4, 0.5) is 31.9 Å². The van der Waals surface area contributed by atoms with Gasteiger partial charge in [0, 0.05) is 32.2 Å². The number of nitrogens with two attached hydrogens (primary N) is 1. The number of amides is 3. The molecule has 0 bridgehead atoms. The topological polar surface area (TPSA) is 160 Å². The third kappa shape index (κ3) is 6.24. The number of para-hydroxylation sites is 1.